The number of ether oxygens (including phenoxy) is 4. The van der Waals surface area contributed by atoms with Crippen molar-refractivity contribution in [1.29, 1.82) is 0 Å². The van der Waals surface area contributed by atoms with E-state index in [1.54, 1.807) is 0 Å². The molecule has 182 valence electrons. The molecule has 1 N–H and O–H groups in total. The van der Waals surface area contributed by atoms with Crippen molar-refractivity contribution < 1.29 is 24.1 Å². The first-order chi connectivity index (χ1) is 16.5. The Balaban J connectivity index is 1.50. The zero-order valence-electron chi connectivity index (χ0n) is 21.2. The summed E-state index contributed by atoms with van der Waals surface area (Å²) in [5, 5.41) is 11.4. The van der Waals surface area contributed by atoms with Crippen LogP contribution >= 0.6 is 0 Å². The van der Waals surface area contributed by atoms with Crippen molar-refractivity contribution in [3.05, 3.63) is 63.8 Å². The molecule has 2 atom stereocenters. The van der Waals surface area contributed by atoms with Crippen LogP contribution in [0.4, 0.5) is 0 Å². The number of hydrogen-bond acceptors (Lipinski definition) is 5. The molecule has 0 saturated carbocycles. The van der Waals surface area contributed by atoms with Gasteiger partial charge in [-0.3, -0.25) is 0 Å². The van der Waals surface area contributed by atoms with Gasteiger partial charge in [-0.1, -0.05) is 23.8 Å². The van der Waals surface area contributed by atoms with Gasteiger partial charge in [0.05, 0.1) is 12.5 Å². The molecule has 0 bridgehead atoms. The summed E-state index contributed by atoms with van der Waals surface area (Å²) >= 11 is 0. The summed E-state index contributed by atoms with van der Waals surface area (Å²) in [6.45, 7) is 12.7. The van der Waals surface area contributed by atoms with E-state index < -0.39 is 5.60 Å². The van der Waals surface area contributed by atoms with Crippen LogP contribution in [-0.2, 0) is 6.42 Å². The van der Waals surface area contributed by atoms with E-state index >= 15 is 0 Å². The van der Waals surface area contributed by atoms with Crippen molar-refractivity contribution in [3.8, 4) is 28.7 Å². The minimum absolute atomic E-state index is 0.00487. The molecule has 4 aliphatic rings. The zero-order valence-corrected chi connectivity index (χ0v) is 21.2. The minimum Gasteiger partial charge on any atom is -0.504 e. The highest BCUT2D eigenvalue weighted by Crippen LogP contribution is 2.59. The predicted molar refractivity (Wildman–Crippen MR) is 137 cm³/mol. The van der Waals surface area contributed by atoms with Gasteiger partial charge in [0.1, 0.15) is 34.6 Å². The molecule has 6 rings (SSSR count). The normalized spacial score (nSPS) is 23.3. The highest BCUT2D eigenvalue weighted by atomic mass is 16.5. The van der Waals surface area contributed by atoms with E-state index in [1.165, 1.54) is 5.57 Å². The van der Waals surface area contributed by atoms with Crippen LogP contribution in [0.2, 0.25) is 0 Å². The lowest BCUT2D eigenvalue weighted by Crippen LogP contribution is -2.29. The standard InChI is InChI=1S/C30H32O5/c1-16(2)7-8-19-25(31)28-18(10-12-30(5,6)35-28)24-21-15-32-23-14-22-17(9-11-29(3,4)34-22)13-20(23)26(21)33-27(19)24/h7,9-14,21,26,31H,8,15H2,1-6H3/t21-,26-/m0/s1. The third-order valence-corrected chi connectivity index (χ3v) is 7.17. The van der Waals surface area contributed by atoms with E-state index in [1.807, 2.05) is 39.8 Å². The Morgan fingerprint density at radius 2 is 1.74 bits per heavy atom. The topological polar surface area (TPSA) is 57.2 Å². The fraction of sp³-hybridized carbons (Fsp3) is 0.400. The van der Waals surface area contributed by atoms with Crippen molar-refractivity contribution in [3.63, 3.8) is 0 Å². The number of aromatic hydroxyl groups is 1. The van der Waals surface area contributed by atoms with Crippen molar-refractivity contribution in [2.24, 2.45) is 0 Å². The lowest BCUT2D eigenvalue weighted by Gasteiger charge is -2.33. The van der Waals surface area contributed by atoms with E-state index in [0.717, 1.165) is 45.1 Å². The molecule has 0 amide bonds. The summed E-state index contributed by atoms with van der Waals surface area (Å²) in [6.07, 6.45) is 10.8. The maximum absolute atomic E-state index is 11.4. The molecule has 5 nitrogen and oxygen atoms in total. The Labute approximate surface area is 206 Å². The van der Waals surface area contributed by atoms with Gasteiger partial charge in [-0.15, -0.1) is 0 Å². The number of hydrogen-bond donors (Lipinski definition) is 1. The largest absolute Gasteiger partial charge is 0.504 e. The smallest absolute Gasteiger partial charge is 0.170 e. The number of benzene rings is 2. The fourth-order valence-corrected chi connectivity index (χ4v) is 5.39. The number of phenols is 1. The second-order valence-corrected chi connectivity index (χ2v) is 11.3. The molecule has 0 radical (unpaired) electrons. The highest BCUT2D eigenvalue weighted by Gasteiger charge is 2.46. The summed E-state index contributed by atoms with van der Waals surface area (Å²) in [6, 6.07) is 4.11. The summed E-state index contributed by atoms with van der Waals surface area (Å²) in [5.41, 5.74) is 5.07. The molecule has 0 spiro atoms. The second kappa shape index (κ2) is 7.33. The molecule has 0 unspecified atom stereocenters. The van der Waals surface area contributed by atoms with Gasteiger partial charge in [0, 0.05) is 33.9 Å². The van der Waals surface area contributed by atoms with E-state index in [0.29, 0.717) is 18.8 Å². The van der Waals surface area contributed by atoms with Crippen molar-refractivity contribution in [2.75, 3.05) is 6.61 Å². The van der Waals surface area contributed by atoms with Crippen LogP contribution in [0.15, 0.2) is 35.9 Å². The Morgan fingerprint density at radius 1 is 1.00 bits per heavy atom. The number of phenolic OH excluding ortho intramolecular Hbond substituents is 1. The zero-order chi connectivity index (χ0) is 24.7. The maximum Gasteiger partial charge on any atom is 0.170 e. The van der Waals surface area contributed by atoms with Crippen LogP contribution in [0, 0.1) is 0 Å². The van der Waals surface area contributed by atoms with Gasteiger partial charge in [0.15, 0.2) is 11.5 Å². The highest BCUT2D eigenvalue weighted by molar-refractivity contribution is 5.77. The SMILES string of the molecule is CC(C)=CCc1c(O)c2c(c3c1O[C@H]1c4cc5c(cc4OC[C@@H]31)OC(C)(C)C=C5)C=CC(C)(C)O2. The van der Waals surface area contributed by atoms with E-state index in [4.69, 9.17) is 18.9 Å². The van der Waals surface area contributed by atoms with Crippen LogP contribution in [0.1, 0.15) is 81.4 Å². The van der Waals surface area contributed by atoms with Crippen molar-refractivity contribution in [1.82, 2.24) is 0 Å². The molecular formula is C30H32O5. The van der Waals surface area contributed by atoms with Gasteiger partial charge < -0.3 is 24.1 Å². The number of rotatable bonds is 2. The van der Waals surface area contributed by atoms with Crippen molar-refractivity contribution in [2.45, 2.75) is 71.2 Å². The van der Waals surface area contributed by atoms with Crippen LogP contribution in [0.5, 0.6) is 28.7 Å². The predicted octanol–water partition coefficient (Wildman–Crippen LogP) is 6.88. The molecule has 0 saturated heterocycles. The Kier molecular flexibility index (Phi) is 4.64. The lowest BCUT2D eigenvalue weighted by molar-refractivity contribution is 0.134. The van der Waals surface area contributed by atoms with Crippen LogP contribution in [0.3, 0.4) is 0 Å². The average molecular weight is 473 g/mol. The van der Waals surface area contributed by atoms with Gasteiger partial charge in [0.25, 0.3) is 0 Å². The van der Waals surface area contributed by atoms with E-state index in [-0.39, 0.29) is 23.4 Å². The first-order valence-corrected chi connectivity index (χ1v) is 12.3. The fourth-order valence-electron chi connectivity index (χ4n) is 5.39. The maximum atomic E-state index is 11.4. The van der Waals surface area contributed by atoms with Crippen LogP contribution in [-0.4, -0.2) is 22.9 Å². The summed E-state index contributed by atoms with van der Waals surface area (Å²) in [7, 11) is 0. The molecule has 0 aromatic heterocycles. The summed E-state index contributed by atoms with van der Waals surface area (Å²) in [4.78, 5) is 0. The third-order valence-electron chi connectivity index (χ3n) is 7.17. The molecule has 2 aromatic carbocycles. The number of allylic oxidation sites excluding steroid dienone is 2. The molecule has 4 heterocycles. The first-order valence-electron chi connectivity index (χ1n) is 12.3. The average Bonchev–Trinajstić information content (AvgIpc) is 3.16. The Hall–Kier alpha value is -3.34. The molecular weight excluding hydrogens is 440 g/mol. The summed E-state index contributed by atoms with van der Waals surface area (Å²) < 4.78 is 25.5. The van der Waals surface area contributed by atoms with E-state index in [9.17, 15) is 5.11 Å². The number of fused-ring (bicyclic) bond motifs is 8. The van der Waals surface area contributed by atoms with Crippen LogP contribution < -0.4 is 18.9 Å². The second-order valence-electron chi connectivity index (χ2n) is 11.3. The molecule has 2 aromatic rings. The monoisotopic (exact) mass is 472 g/mol. The molecule has 5 heteroatoms. The molecule has 4 aliphatic heterocycles. The Bertz CT molecular complexity index is 1340. The van der Waals surface area contributed by atoms with Gasteiger partial charge in [-0.2, -0.15) is 0 Å². The van der Waals surface area contributed by atoms with E-state index in [2.05, 4.69) is 44.2 Å². The van der Waals surface area contributed by atoms with Crippen LogP contribution in [0.25, 0.3) is 12.2 Å². The van der Waals surface area contributed by atoms with Crippen molar-refractivity contribution >= 4 is 12.2 Å². The molecule has 0 aliphatic carbocycles. The first kappa shape index (κ1) is 22.1. The van der Waals surface area contributed by atoms with Gasteiger partial charge >= 0.3 is 0 Å². The molecule has 35 heavy (non-hydrogen) atoms. The third kappa shape index (κ3) is 3.51. The minimum atomic E-state index is -0.500. The van der Waals surface area contributed by atoms with Gasteiger partial charge in [-0.05, 0) is 66.2 Å². The quantitative estimate of drug-likeness (QED) is 0.483. The lowest BCUT2D eigenvalue weighted by atomic mass is 9.83. The van der Waals surface area contributed by atoms with Gasteiger partial charge in [0.2, 0.25) is 0 Å². The molecule has 0 fully saturated rings. The van der Waals surface area contributed by atoms with Gasteiger partial charge in [-0.25, -0.2) is 0 Å². The summed E-state index contributed by atoms with van der Waals surface area (Å²) in [5.74, 6) is 3.06. The Morgan fingerprint density at radius 3 is 2.51 bits per heavy atom.